The van der Waals surface area contributed by atoms with Gasteiger partial charge < -0.3 is 14.8 Å². The van der Waals surface area contributed by atoms with E-state index in [1.54, 1.807) is 7.11 Å². The molecule has 2 N–H and O–H groups in total. The third-order valence-electron chi connectivity index (χ3n) is 4.20. The molecule has 0 radical (unpaired) electrons. The molecule has 6 heteroatoms. The average Bonchev–Trinajstić information content (AvgIpc) is 3.11. The second-order valence-electron chi connectivity index (χ2n) is 5.74. The number of rotatable bonds is 4. The number of nitrogens with one attached hydrogen (secondary N) is 2. The van der Waals surface area contributed by atoms with Crippen LogP contribution in [-0.4, -0.2) is 23.2 Å². The minimum atomic E-state index is -0.209. The molecule has 2 heterocycles. The lowest BCUT2D eigenvalue weighted by atomic mass is 10.0. The number of amides is 1. The standard InChI is InChI=1S/C19H17N3O3/c1-24-13-6-4-5-12(9-13)10-20-19(23)18-15-11-25-16-8-3-2-7-14(16)17(15)21-22-18/h2-9H,10-11H2,1H3,(H,20,23)(H,21,22). The zero-order valence-corrected chi connectivity index (χ0v) is 13.7. The third kappa shape index (κ3) is 2.82. The lowest BCUT2D eigenvalue weighted by molar-refractivity contribution is 0.0943. The molecule has 0 unspecified atom stereocenters. The van der Waals surface area contributed by atoms with Crippen molar-refractivity contribution in [3.63, 3.8) is 0 Å². The van der Waals surface area contributed by atoms with E-state index < -0.39 is 0 Å². The Morgan fingerprint density at radius 3 is 3.04 bits per heavy atom. The molecular weight excluding hydrogens is 318 g/mol. The van der Waals surface area contributed by atoms with Gasteiger partial charge in [0.25, 0.3) is 5.91 Å². The molecule has 0 aliphatic carbocycles. The van der Waals surface area contributed by atoms with E-state index in [1.165, 1.54) is 0 Å². The van der Waals surface area contributed by atoms with E-state index in [1.807, 2.05) is 48.5 Å². The van der Waals surface area contributed by atoms with Crippen molar-refractivity contribution in [2.45, 2.75) is 13.2 Å². The minimum absolute atomic E-state index is 0.209. The van der Waals surface area contributed by atoms with Gasteiger partial charge in [0.15, 0.2) is 0 Å². The van der Waals surface area contributed by atoms with Gasteiger partial charge in [0.1, 0.15) is 29.5 Å². The number of hydrogen-bond acceptors (Lipinski definition) is 4. The van der Waals surface area contributed by atoms with Crippen LogP contribution in [0, 0.1) is 0 Å². The number of H-pyrrole nitrogens is 1. The van der Waals surface area contributed by atoms with Gasteiger partial charge in [-0.1, -0.05) is 24.3 Å². The molecule has 0 spiro atoms. The van der Waals surface area contributed by atoms with Gasteiger partial charge in [-0.25, -0.2) is 0 Å². The molecule has 126 valence electrons. The van der Waals surface area contributed by atoms with Gasteiger partial charge >= 0.3 is 0 Å². The Hall–Kier alpha value is -3.28. The molecule has 0 atom stereocenters. The van der Waals surface area contributed by atoms with Crippen molar-refractivity contribution in [3.8, 4) is 22.8 Å². The van der Waals surface area contributed by atoms with Crippen LogP contribution in [0.25, 0.3) is 11.3 Å². The molecule has 1 aliphatic heterocycles. The van der Waals surface area contributed by atoms with Crippen LogP contribution in [0.15, 0.2) is 48.5 Å². The van der Waals surface area contributed by atoms with Gasteiger partial charge in [0.2, 0.25) is 0 Å². The number of benzene rings is 2. The number of aromatic amines is 1. The Bertz CT molecular complexity index is 933. The van der Waals surface area contributed by atoms with Crippen LogP contribution >= 0.6 is 0 Å². The summed E-state index contributed by atoms with van der Waals surface area (Å²) in [5, 5.41) is 10.1. The summed E-state index contributed by atoms with van der Waals surface area (Å²) in [5.41, 5.74) is 3.84. The molecule has 25 heavy (non-hydrogen) atoms. The molecular formula is C19H17N3O3. The van der Waals surface area contributed by atoms with E-state index in [9.17, 15) is 4.79 Å². The smallest absolute Gasteiger partial charge is 0.270 e. The molecule has 0 bridgehead atoms. The number of carbonyl (C=O) groups is 1. The first-order chi connectivity index (χ1) is 12.3. The van der Waals surface area contributed by atoms with Crippen molar-refractivity contribution >= 4 is 5.91 Å². The lowest BCUT2D eigenvalue weighted by Gasteiger charge is -2.17. The highest BCUT2D eigenvalue weighted by molar-refractivity contribution is 5.96. The summed E-state index contributed by atoms with van der Waals surface area (Å²) in [6, 6.07) is 15.3. The topological polar surface area (TPSA) is 76.2 Å². The Balaban J connectivity index is 1.53. The molecule has 1 aliphatic rings. The summed E-state index contributed by atoms with van der Waals surface area (Å²) in [5.74, 6) is 1.33. The first-order valence-corrected chi connectivity index (χ1v) is 7.97. The molecule has 6 nitrogen and oxygen atoms in total. The van der Waals surface area contributed by atoms with Gasteiger partial charge in [-0.2, -0.15) is 5.10 Å². The van der Waals surface area contributed by atoms with Crippen LogP contribution in [0.5, 0.6) is 11.5 Å². The highest BCUT2D eigenvalue weighted by atomic mass is 16.5. The number of methoxy groups -OCH3 is 1. The number of para-hydroxylation sites is 1. The summed E-state index contributed by atoms with van der Waals surface area (Å²) in [6.07, 6.45) is 0. The maximum Gasteiger partial charge on any atom is 0.270 e. The van der Waals surface area contributed by atoms with Gasteiger partial charge in [-0.3, -0.25) is 9.89 Å². The van der Waals surface area contributed by atoms with Crippen LogP contribution in [0.1, 0.15) is 21.6 Å². The fourth-order valence-electron chi connectivity index (χ4n) is 2.91. The van der Waals surface area contributed by atoms with Crippen LogP contribution in [0.3, 0.4) is 0 Å². The van der Waals surface area contributed by atoms with Gasteiger partial charge in [0, 0.05) is 17.7 Å². The average molecular weight is 335 g/mol. The first-order valence-electron chi connectivity index (χ1n) is 7.97. The minimum Gasteiger partial charge on any atom is -0.497 e. The molecule has 1 amide bonds. The molecule has 2 aromatic carbocycles. The maximum atomic E-state index is 12.5. The van der Waals surface area contributed by atoms with Crippen molar-refractivity contribution < 1.29 is 14.3 Å². The Morgan fingerprint density at radius 1 is 1.28 bits per heavy atom. The second kappa shape index (κ2) is 6.32. The van der Waals surface area contributed by atoms with Crippen LogP contribution in [-0.2, 0) is 13.2 Å². The third-order valence-corrected chi connectivity index (χ3v) is 4.20. The predicted octanol–water partition coefficient (Wildman–Crippen LogP) is 2.91. The SMILES string of the molecule is COc1cccc(CNC(=O)c2[nH]nc3c2COc2ccccc2-3)c1. The van der Waals surface area contributed by atoms with Crippen molar-refractivity contribution in [2.24, 2.45) is 0 Å². The van der Waals surface area contributed by atoms with Gasteiger partial charge in [-0.15, -0.1) is 0 Å². The summed E-state index contributed by atoms with van der Waals surface area (Å²) in [4.78, 5) is 12.5. The van der Waals surface area contributed by atoms with Crippen molar-refractivity contribution in [2.75, 3.05) is 7.11 Å². The molecule has 0 saturated carbocycles. The highest BCUT2D eigenvalue weighted by Gasteiger charge is 2.25. The second-order valence-corrected chi connectivity index (χ2v) is 5.74. The van der Waals surface area contributed by atoms with Gasteiger partial charge in [-0.05, 0) is 29.8 Å². The molecule has 0 saturated heterocycles. The molecule has 1 aromatic heterocycles. The monoisotopic (exact) mass is 335 g/mol. The number of hydrogen-bond donors (Lipinski definition) is 2. The quantitative estimate of drug-likeness (QED) is 0.769. The van der Waals surface area contributed by atoms with E-state index in [4.69, 9.17) is 9.47 Å². The summed E-state index contributed by atoms with van der Waals surface area (Å²) in [7, 11) is 1.62. The number of carbonyl (C=O) groups excluding carboxylic acids is 1. The van der Waals surface area contributed by atoms with Crippen molar-refractivity contribution in [3.05, 3.63) is 65.4 Å². The zero-order chi connectivity index (χ0) is 17.2. The highest BCUT2D eigenvalue weighted by Crippen LogP contribution is 2.36. The lowest BCUT2D eigenvalue weighted by Crippen LogP contribution is -2.25. The fourth-order valence-corrected chi connectivity index (χ4v) is 2.91. The van der Waals surface area contributed by atoms with E-state index in [-0.39, 0.29) is 5.91 Å². The van der Waals surface area contributed by atoms with Crippen LogP contribution in [0.4, 0.5) is 0 Å². The first kappa shape index (κ1) is 15.3. The maximum absolute atomic E-state index is 12.5. The number of ether oxygens (including phenoxy) is 2. The Kier molecular flexibility index (Phi) is 3.85. The Labute approximate surface area is 144 Å². The summed E-state index contributed by atoms with van der Waals surface area (Å²) in [6.45, 7) is 0.728. The number of fused-ring (bicyclic) bond motifs is 3. The van der Waals surface area contributed by atoms with Crippen LogP contribution < -0.4 is 14.8 Å². The largest absolute Gasteiger partial charge is 0.497 e. The summed E-state index contributed by atoms with van der Waals surface area (Å²) >= 11 is 0. The number of aromatic nitrogens is 2. The summed E-state index contributed by atoms with van der Waals surface area (Å²) < 4.78 is 10.9. The number of nitrogens with zero attached hydrogens (tertiary/aromatic N) is 1. The van der Waals surface area contributed by atoms with Crippen LogP contribution in [0.2, 0.25) is 0 Å². The van der Waals surface area contributed by atoms with Gasteiger partial charge in [0.05, 0.1) is 7.11 Å². The van der Waals surface area contributed by atoms with Crippen molar-refractivity contribution in [1.29, 1.82) is 0 Å². The predicted molar refractivity (Wildman–Crippen MR) is 92.5 cm³/mol. The Morgan fingerprint density at radius 2 is 2.16 bits per heavy atom. The normalized spacial score (nSPS) is 11.9. The van der Waals surface area contributed by atoms with E-state index in [0.717, 1.165) is 33.9 Å². The zero-order valence-electron chi connectivity index (χ0n) is 13.7. The van der Waals surface area contributed by atoms with E-state index in [2.05, 4.69) is 15.5 Å². The molecule has 3 aromatic rings. The fraction of sp³-hybridized carbons (Fsp3) is 0.158. The van der Waals surface area contributed by atoms with E-state index in [0.29, 0.717) is 18.8 Å². The molecule has 4 rings (SSSR count). The molecule has 0 fully saturated rings. The van der Waals surface area contributed by atoms with E-state index >= 15 is 0 Å². The van der Waals surface area contributed by atoms with Crippen molar-refractivity contribution in [1.82, 2.24) is 15.5 Å².